The molecule has 3 aliphatic carbocycles. The Bertz CT molecular complexity index is 986. The molecule has 5 rings (SSSR count). The first kappa shape index (κ1) is 18.9. The molecule has 1 fully saturated rings. The van der Waals surface area contributed by atoms with Crippen LogP contribution in [-0.2, 0) is 16.2 Å². The molecule has 2 aromatic carbocycles. The summed E-state index contributed by atoms with van der Waals surface area (Å²) >= 11 is 0. The summed E-state index contributed by atoms with van der Waals surface area (Å²) in [7, 11) is 0. The van der Waals surface area contributed by atoms with Crippen molar-refractivity contribution < 1.29 is 0 Å². The summed E-state index contributed by atoms with van der Waals surface area (Å²) in [5, 5.41) is 0. The zero-order chi connectivity index (χ0) is 20.6. The molecule has 0 spiro atoms. The minimum absolute atomic E-state index is 0.211. The molecular weight excluding hydrogens is 348 g/mol. The minimum Gasteiger partial charge on any atom is -0.0801 e. The summed E-state index contributed by atoms with van der Waals surface area (Å²) in [6.45, 7) is 13.7. The van der Waals surface area contributed by atoms with Crippen molar-refractivity contribution in [3.63, 3.8) is 0 Å². The van der Waals surface area contributed by atoms with Crippen LogP contribution >= 0.6 is 0 Å². The molecule has 0 N–H and O–H groups in total. The Morgan fingerprint density at radius 3 is 1.86 bits per heavy atom. The highest BCUT2D eigenvalue weighted by molar-refractivity contribution is 5.74. The molecule has 4 atom stereocenters. The van der Waals surface area contributed by atoms with E-state index in [1.807, 2.05) is 0 Å². The van der Waals surface area contributed by atoms with Gasteiger partial charge in [0.15, 0.2) is 0 Å². The van der Waals surface area contributed by atoms with Gasteiger partial charge < -0.3 is 0 Å². The van der Waals surface area contributed by atoms with Crippen molar-refractivity contribution >= 4 is 5.57 Å². The molecule has 0 heteroatoms. The second kappa shape index (κ2) is 5.97. The Hall–Kier alpha value is -2.08. The molecule has 2 aromatic rings. The molecule has 0 aromatic heterocycles. The maximum absolute atomic E-state index is 2.61. The van der Waals surface area contributed by atoms with Crippen molar-refractivity contribution in [2.24, 2.45) is 17.8 Å². The van der Waals surface area contributed by atoms with E-state index in [0.717, 1.165) is 5.92 Å². The van der Waals surface area contributed by atoms with Crippen molar-refractivity contribution in [3.8, 4) is 0 Å². The number of rotatable bonds is 2. The standard InChI is InChI=1S/C29H34/c1-27(2,3)21-9-7-19(8-10-21)24-18-26-25-17-20(24)15-16-29(25,26)23-13-11-22(12-14-23)28(4,5)6/h7-16,18,20,25-26H,17H2,1-6H3/t20?,25?,26?,29-/m0/s1. The zero-order valence-corrected chi connectivity index (χ0v) is 18.8. The van der Waals surface area contributed by atoms with Gasteiger partial charge in [0.1, 0.15) is 0 Å². The Balaban J connectivity index is 1.46. The molecule has 0 aliphatic heterocycles. The third-order valence-corrected chi connectivity index (χ3v) is 7.70. The molecule has 0 saturated heterocycles. The molecule has 0 amide bonds. The van der Waals surface area contributed by atoms with Gasteiger partial charge in [-0.3, -0.25) is 0 Å². The Morgan fingerprint density at radius 1 is 0.759 bits per heavy atom. The van der Waals surface area contributed by atoms with Gasteiger partial charge in [-0.15, -0.1) is 0 Å². The molecular formula is C29H34. The predicted octanol–water partition coefficient (Wildman–Crippen LogP) is 7.44. The molecule has 150 valence electrons. The topological polar surface area (TPSA) is 0 Å². The van der Waals surface area contributed by atoms with Crippen LogP contribution in [0.15, 0.2) is 66.8 Å². The summed E-state index contributed by atoms with van der Waals surface area (Å²) in [6.07, 6.45) is 8.97. The highest BCUT2D eigenvalue weighted by Crippen LogP contribution is 2.70. The number of hydrogen-bond acceptors (Lipinski definition) is 0. The molecule has 3 unspecified atom stereocenters. The zero-order valence-electron chi connectivity index (χ0n) is 18.8. The number of hydrogen-bond donors (Lipinski definition) is 0. The highest BCUT2D eigenvalue weighted by atomic mass is 14.7. The van der Waals surface area contributed by atoms with Crippen LogP contribution in [0.2, 0.25) is 0 Å². The van der Waals surface area contributed by atoms with Crippen LogP contribution in [0.1, 0.15) is 70.2 Å². The van der Waals surface area contributed by atoms with E-state index < -0.39 is 0 Å². The lowest BCUT2D eigenvalue weighted by Crippen LogP contribution is -2.16. The van der Waals surface area contributed by atoms with Crippen molar-refractivity contribution in [1.82, 2.24) is 0 Å². The van der Waals surface area contributed by atoms with Crippen molar-refractivity contribution in [3.05, 3.63) is 89.0 Å². The van der Waals surface area contributed by atoms with Gasteiger partial charge in [0.25, 0.3) is 0 Å². The van der Waals surface area contributed by atoms with Crippen LogP contribution in [-0.4, -0.2) is 0 Å². The maximum Gasteiger partial charge on any atom is 0.0233 e. The Labute approximate surface area is 176 Å². The molecule has 2 bridgehead atoms. The van der Waals surface area contributed by atoms with Crippen molar-refractivity contribution in [2.75, 3.05) is 0 Å². The molecule has 0 heterocycles. The smallest absolute Gasteiger partial charge is 0.0233 e. The second-order valence-corrected chi connectivity index (χ2v) is 11.5. The van der Waals surface area contributed by atoms with Gasteiger partial charge in [-0.1, -0.05) is 108 Å². The lowest BCUT2D eigenvalue weighted by Gasteiger charge is -2.26. The summed E-state index contributed by atoms with van der Waals surface area (Å²) < 4.78 is 0. The van der Waals surface area contributed by atoms with Crippen LogP contribution in [0.3, 0.4) is 0 Å². The summed E-state index contributed by atoms with van der Waals surface area (Å²) in [5.74, 6) is 2.03. The predicted molar refractivity (Wildman–Crippen MR) is 124 cm³/mol. The largest absolute Gasteiger partial charge is 0.0801 e. The molecule has 3 aliphatic rings. The first-order valence-corrected chi connectivity index (χ1v) is 11.2. The van der Waals surface area contributed by atoms with E-state index in [1.54, 1.807) is 5.57 Å². The monoisotopic (exact) mass is 382 g/mol. The number of allylic oxidation sites excluding steroid dienone is 4. The second-order valence-electron chi connectivity index (χ2n) is 11.5. The first-order chi connectivity index (χ1) is 13.6. The minimum atomic E-state index is 0.211. The lowest BCUT2D eigenvalue weighted by molar-refractivity contribution is 0.558. The van der Waals surface area contributed by atoms with Gasteiger partial charge in [-0.05, 0) is 56.9 Å². The average Bonchev–Trinajstić information content (AvgIpc) is 3.38. The molecule has 1 saturated carbocycles. The van der Waals surface area contributed by atoms with E-state index in [2.05, 4.69) is 108 Å². The van der Waals surface area contributed by atoms with Gasteiger partial charge in [-0.25, -0.2) is 0 Å². The third-order valence-electron chi connectivity index (χ3n) is 7.70. The van der Waals surface area contributed by atoms with Crippen LogP contribution in [0.25, 0.3) is 5.57 Å². The van der Waals surface area contributed by atoms with Crippen LogP contribution < -0.4 is 0 Å². The summed E-state index contributed by atoms with van der Waals surface area (Å²) in [6, 6.07) is 18.8. The molecule has 29 heavy (non-hydrogen) atoms. The number of fused-ring (bicyclic) bond motifs is 2. The fourth-order valence-electron chi connectivity index (χ4n) is 5.75. The van der Waals surface area contributed by atoms with Gasteiger partial charge in [0.2, 0.25) is 0 Å². The quantitative estimate of drug-likeness (QED) is 0.473. The molecule has 0 nitrogen and oxygen atoms in total. The van der Waals surface area contributed by atoms with Gasteiger partial charge in [-0.2, -0.15) is 0 Å². The normalized spacial score (nSPS) is 30.1. The molecule has 0 radical (unpaired) electrons. The van der Waals surface area contributed by atoms with Crippen LogP contribution in [0.4, 0.5) is 0 Å². The maximum atomic E-state index is 2.61. The van der Waals surface area contributed by atoms with Crippen molar-refractivity contribution in [2.45, 2.75) is 64.2 Å². The van der Waals surface area contributed by atoms with E-state index >= 15 is 0 Å². The van der Waals surface area contributed by atoms with E-state index in [1.165, 1.54) is 28.7 Å². The van der Waals surface area contributed by atoms with Crippen LogP contribution in [0.5, 0.6) is 0 Å². The highest BCUT2D eigenvalue weighted by Gasteiger charge is 2.66. The Kier molecular flexibility index (Phi) is 3.90. The van der Waals surface area contributed by atoms with E-state index in [9.17, 15) is 0 Å². The van der Waals surface area contributed by atoms with E-state index in [0.29, 0.717) is 11.8 Å². The average molecular weight is 383 g/mol. The van der Waals surface area contributed by atoms with Crippen molar-refractivity contribution in [1.29, 1.82) is 0 Å². The SMILES string of the molecule is CC(C)(C)c1ccc(C2=CC3C4CC2C=C[C@@]34c2ccc(C(C)(C)C)cc2)cc1. The first-order valence-electron chi connectivity index (χ1n) is 11.2. The lowest BCUT2D eigenvalue weighted by atomic mass is 9.78. The third kappa shape index (κ3) is 2.87. The number of benzene rings is 2. The fraction of sp³-hybridized carbons (Fsp3) is 0.448. The van der Waals surface area contributed by atoms with Gasteiger partial charge in [0, 0.05) is 11.3 Å². The summed E-state index contributed by atoms with van der Waals surface area (Å²) in [5.41, 5.74) is 7.99. The van der Waals surface area contributed by atoms with Gasteiger partial charge >= 0.3 is 0 Å². The van der Waals surface area contributed by atoms with E-state index in [-0.39, 0.29) is 16.2 Å². The van der Waals surface area contributed by atoms with Gasteiger partial charge in [0.05, 0.1) is 0 Å². The van der Waals surface area contributed by atoms with E-state index in [4.69, 9.17) is 0 Å². The van der Waals surface area contributed by atoms with Crippen LogP contribution in [0, 0.1) is 17.8 Å². The fourth-order valence-corrected chi connectivity index (χ4v) is 5.75. The summed E-state index contributed by atoms with van der Waals surface area (Å²) in [4.78, 5) is 0. The Morgan fingerprint density at radius 2 is 1.31 bits per heavy atom.